The van der Waals surface area contributed by atoms with Crippen molar-refractivity contribution in [3.8, 4) is 0 Å². The van der Waals surface area contributed by atoms with Crippen molar-refractivity contribution in [3.63, 3.8) is 0 Å². The molecule has 0 aliphatic heterocycles. The summed E-state index contributed by atoms with van der Waals surface area (Å²) in [5.74, 6) is 0. The van der Waals surface area contributed by atoms with E-state index in [4.69, 9.17) is 4.74 Å². The first-order valence-corrected chi connectivity index (χ1v) is 6.99. The number of hydrogen-bond acceptors (Lipinski definition) is 3. The SMILES string of the molecule is Cc1cc(CC2(O)CC2)ccc1NC(=O)OC(C)(C)C. The molecule has 2 rings (SSSR count). The molecular formula is C16H23NO3. The van der Waals surface area contributed by atoms with Crippen LogP contribution in [0, 0.1) is 6.92 Å². The molecule has 0 unspecified atom stereocenters. The maximum atomic E-state index is 11.7. The summed E-state index contributed by atoms with van der Waals surface area (Å²) in [7, 11) is 0. The topological polar surface area (TPSA) is 58.6 Å². The van der Waals surface area contributed by atoms with E-state index in [2.05, 4.69) is 5.32 Å². The van der Waals surface area contributed by atoms with Crippen LogP contribution in [0.15, 0.2) is 18.2 Å². The van der Waals surface area contributed by atoms with Gasteiger partial charge < -0.3 is 9.84 Å². The molecule has 1 amide bonds. The first-order chi connectivity index (χ1) is 9.17. The van der Waals surface area contributed by atoms with E-state index in [1.807, 2.05) is 45.9 Å². The van der Waals surface area contributed by atoms with Gasteiger partial charge in [-0.05, 0) is 57.7 Å². The van der Waals surface area contributed by atoms with Crippen LogP contribution in [0.2, 0.25) is 0 Å². The summed E-state index contributed by atoms with van der Waals surface area (Å²) in [4.78, 5) is 11.7. The molecule has 1 aliphatic carbocycles. The van der Waals surface area contributed by atoms with Gasteiger partial charge in [0.05, 0.1) is 5.60 Å². The molecule has 1 saturated carbocycles. The van der Waals surface area contributed by atoms with Crippen molar-refractivity contribution in [2.45, 2.75) is 58.2 Å². The molecule has 1 fully saturated rings. The maximum Gasteiger partial charge on any atom is 0.412 e. The van der Waals surface area contributed by atoms with E-state index in [1.165, 1.54) is 0 Å². The third-order valence-corrected chi connectivity index (χ3v) is 3.29. The summed E-state index contributed by atoms with van der Waals surface area (Å²) in [5.41, 5.74) is 1.81. The van der Waals surface area contributed by atoms with Crippen LogP contribution < -0.4 is 5.32 Å². The van der Waals surface area contributed by atoms with Gasteiger partial charge in [-0.1, -0.05) is 12.1 Å². The first kappa shape index (κ1) is 14.9. The Kier molecular flexibility index (Phi) is 3.78. The predicted molar refractivity (Wildman–Crippen MR) is 78.9 cm³/mol. The van der Waals surface area contributed by atoms with E-state index in [0.717, 1.165) is 29.7 Å². The van der Waals surface area contributed by atoms with Crippen LogP contribution >= 0.6 is 0 Å². The minimum Gasteiger partial charge on any atom is -0.444 e. The minimum atomic E-state index is -0.507. The standard InChI is InChI=1S/C16H23NO3/c1-11-9-12(10-16(19)7-8-16)5-6-13(11)17-14(18)20-15(2,3)4/h5-6,9,19H,7-8,10H2,1-4H3,(H,17,18). The number of carbonyl (C=O) groups is 1. The number of aliphatic hydroxyl groups is 1. The fraction of sp³-hybridized carbons (Fsp3) is 0.562. The van der Waals surface area contributed by atoms with Crippen LogP contribution in [0.3, 0.4) is 0 Å². The number of benzene rings is 1. The van der Waals surface area contributed by atoms with E-state index < -0.39 is 17.3 Å². The van der Waals surface area contributed by atoms with Crippen LogP contribution in [-0.4, -0.2) is 22.4 Å². The lowest BCUT2D eigenvalue weighted by Gasteiger charge is -2.20. The molecule has 1 aromatic rings. The fourth-order valence-corrected chi connectivity index (χ4v) is 2.09. The van der Waals surface area contributed by atoms with Gasteiger partial charge in [-0.25, -0.2) is 4.79 Å². The fourth-order valence-electron chi connectivity index (χ4n) is 2.09. The Labute approximate surface area is 120 Å². The molecule has 4 heteroatoms. The van der Waals surface area contributed by atoms with Gasteiger partial charge in [-0.15, -0.1) is 0 Å². The smallest absolute Gasteiger partial charge is 0.412 e. The summed E-state index contributed by atoms with van der Waals surface area (Å²) >= 11 is 0. The van der Waals surface area contributed by atoms with Crippen molar-refractivity contribution in [2.24, 2.45) is 0 Å². The van der Waals surface area contributed by atoms with E-state index in [-0.39, 0.29) is 0 Å². The lowest BCUT2D eigenvalue weighted by Crippen LogP contribution is -2.27. The highest BCUT2D eigenvalue weighted by atomic mass is 16.6. The van der Waals surface area contributed by atoms with Gasteiger partial charge in [0.15, 0.2) is 0 Å². The van der Waals surface area contributed by atoms with Crippen LogP contribution in [0.5, 0.6) is 0 Å². The van der Waals surface area contributed by atoms with Gasteiger partial charge in [-0.2, -0.15) is 0 Å². The number of amides is 1. The van der Waals surface area contributed by atoms with Crippen molar-refractivity contribution in [1.82, 2.24) is 0 Å². The second kappa shape index (κ2) is 5.09. The van der Waals surface area contributed by atoms with Crippen molar-refractivity contribution in [3.05, 3.63) is 29.3 Å². The summed E-state index contributed by atoms with van der Waals surface area (Å²) in [6, 6.07) is 5.80. The molecule has 1 aliphatic rings. The van der Waals surface area contributed by atoms with Gasteiger partial charge in [0.25, 0.3) is 0 Å². The molecule has 2 N–H and O–H groups in total. The molecule has 0 heterocycles. The molecule has 20 heavy (non-hydrogen) atoms. The quantitative estimate of drug-likeness (QED) is 0.890. The number of rotatable bonds is 3. The lowest BCUT2D eigenvalue weighted by molar-refractivity contribution is 0.0635. The summed E-state index contributed by atoms with van der Waals surface area (Å²) in [6.45, 7) is 7.43. The Hall–Kier alpha value is -1.55. The zero-order chi connectivity index (χ0) is 15.0. The van der Waals surface area contributed by atoms with Crippen LogP contribution in [0.1, 0.15) is 44.7 Å². The largest absolute Gasteiger partial charge is 0.444 e. The summed E-state index contributed by atoms with van der Waals surface area (Å²) in [5, 5.41) is 12.7. The van der Waals surface area contributed by atoms with E-state index >= 15 is 0 Å². The van der Waals surface area contributed by atoms with E-state index in [0.29, 0.717) is 6.42 Å². The monoisotopic (exact) mass is 277 g/mol. The van der Waals surface area contributed by atoms with Gasteiger partial charge in [0.1, 0.15) is 5.60 Å². The molecule has 110 valence electrons. The van der Waals surface area contributed by atoms with E-state index in [9.17, 15) is 9.90 Å². The number of hydrogen-bond donors (Lipinski definition) is 2. The molecule has 0 aromatic heterocycles. The molecule has 0 spiro atoms. The van der Waals surface area contributed by atoms with Crippen molar-refractivity contribution >= 4 is 11.8 Å². The average Bonchev–Trinajstić information content (AvgIpc) is 2.97. The molecule has 0 radical (unpaired) electrons. The number of aryl methyl sites for hydroxylation is 1. The highest BCUT2D eigenvalue weighted by Gasteiger charge is 2.40. The Balaban J connectivity index is 2.00. The third kappa shape index (κ3) is 4.23. The summed E-state index contributed by atoms with van der Waals surface area (Å²) in [6.07, 6.45) is 1.99. The highest BCUT2D eigenvalue weighted by molar-refractivity contribution is 5.85. The summed E-state index contributed by atoms with van der Waals surface area (Å²) < 4.78 is 5.23. The molecule has 0 saturated heterocycles. The maximum absolute atomic E-state index is 11.7. The minimum absolute atomic E-state index is 0.450. The van der Waals surface area contributed by atoms with Crippen LogP contribution in [0.25, 0.3) is 0 Å². The molecule has 4 nitrogen and oxygen atoms in total. The highest BCUT2D eigenvalue weighted by Crippen LogP contribution is 2.38. The Morgan fingerprint density at radius 1 is 1.40 bits per heavy atom. The zero-order valence-electron chi connectivity index (χ0n) is 12.6. The number of anilines is 1. The Morgan fingerprint density at radius 3 is 2.55 bits per heavy atom. The van der Waals surface area contributed by atoms with Gasteiger partial charge in [-0.3, -0.25) is 5.32 Å². The second-order valence-electron chi connectivity index (χ2n) is 6.68. The zero-order valence-corrected chi connectivity index (χ0v) is 12.6. The molecule has 0 atom stereocenters. The van der Waals surface area contributed by atoms with Crippen LogP contribution in [0.4, 0.5) is 10.5 Å². The Bertz CT molecular complexity index is 513. The predicted octanol–water partition coefficient (Wildman–Crippen LogP) is 3.41. The van der Waals surface area contributed by atoms with Crippen molar-refractivity contribution < 1.29 is 14.6 Å². The second-order valence-corrected chi connectivity index (χ2v) is 6.68. The third-order valence-electron chi connectivity index (χ3n) is 3.29. The van der Waals surface area contributed by atoms with Crippen molar-refractivity contribution in [2.75, 3.05) is 5.32 Å². The first-order valence-electron chi connectivity index (χ1n) is 6.99. The van der Waals surface area contributed by atoms with Crippen LogP contribution in [-0.2, 0) is 11.2 Å². The number of nitrogens with one attached hydrogen (secondary N) is 1. The van der Waals surface area contributed by atoms with E-state index in [1.54, 1.807) is 0 Å². The molecule has 0 bridgehead atoms. The van der Waals surface area contributed by atoms with Gasteiger partial charge in [0, 0.05) is 12.1 Å². The number of carbonyl (C=O) groups excluding carboxylic acids is 1. The molecule has 1 aromatic carbocycles. The lowest BCUT2D eigenvalue weighted by atomic mass is 10.0. The van der Waals surface area contributed by atoms with Gasteiger partial charge >= 0.3 is 6.09 Å². The number of ether oxygens (including phenoxy) is 1. The van der Waals surface area contributed by atoms with Crippen molar-refractivity contribution in [1.29, 1.82) is 0 Å². The normalized spacial score (nSPS) is 16.6. The Morgan fingerprint density at radius 2 is 2.05 bits per heavy atom. The van der Waals surface area contributed by atoms with Gasteiger partial charge in [0.2, 0.25) is 0 Å². The molecular weight excluding hydrogens is 254 g/mol. The average molecular weight is 277 g/mol.